The number of nitrogens with zero attached hydrogens (tertiary/aromatic N) is 1. The second-order valence-corrected chi connectivity index (χ2v) is 6.04. The Hall–Kier alpha value is -1.06. The number of para-hydroxylation sites is 1. The Balaban J connectivity index is 1.74. The Labute approximate surface area is 115 Å². The molecule has 1 aromatic rings. The van der Waals surface area contributed by atoms with Crippen LogP contribution in [0.1, 0.15) is 31.4 Å². The highest BCUT2D eigenvalue weighted by atomic mass is 16.5. The van der Waals surface area contributed by atoms with E-state index < -0.39 is 0 Å². The first-order chi connectivity index (χ1) is 9.24. The minimum atomic E-state index is 0.405. The summed E-state index contributed by atoms with van der Waals surface area (Å²) in [5.74, 6) is 0. The van der Waals surface area contributed by atoms with Gasteiger partial charge in [-0.25, -0.2) is 0 Å². The summed E-state index contributed by atoms with van der Waals surface area (Å²) in [6, 6.07) is 9.19. The molecule has 2 saturated heterocycles. The molecule has 2 fully saturated rings. The number of benzene rings is 1. The molecule has 1 spiro atoms. The van der Waals surface area contributed by atoms with Gasteiger partial charge in [0.2, 0.25) is 0 Å². The number of rotatable bonds is 3. The Kier molecular flexibility index (Phi) is 3.50. The highest BCUT2D eigenvalue weighted by Crippen LogP contribution is 2.43. The van der Waals surface area contributed by atoms with E-state index in [1.165, 1.54) is 37.2 Å². The Morgan fingerprint density at radius 1 is 1.21 bits per heavy atom. The first-order valence-electron chi connectivity index (χ1n) is 7.33. The molecule has 2 heterocycles. The van der Waals surface area contributed by atoms with Gasteiger partial charge in [-0.15, -0.1) is 0 Å². The van der Waals surface area contributed by atoms with Crippen molar-refractivity contribution >= 4 is 5.69 Å². The van der Waals surface area contributed by atoms with Crippen LogP contribution in [-0.2, 0) is 4.74 Å². The molecule has 1 aromatic carbocycles. The summed E-state index contributed by atoms with van der Waals surface area (Å²) in [7, 11) is 2.03. The molecule has 2 aliphatic heterocycles. The quantitative estimate of drug-likeness (QED) is 0.904. The van der Waals surface area contributed by atoms with Crippen LogP contribution in [0.2, 0.25) is 0 Å². The summed E-state index contributed by atoms with van der Waals surface area (Å²) in [5, 5.41) is 3.35. The fourth-order valence-electron chi connectivity index (χ4n) is 3.35. The lowest BCUT2D eigenvalue weighted by atomic mass is 9.73. The fourth-order valence-corrected chi connectivity index (χ4v) is 3.35. The van der Waals surface area contributed by atoms with E-state index in [2.05, 4.69) is 41.4 Å². The van der Waals surface area contributed by atoms with Crippen molar-refractivity contribution in [3.63, 3.8) is 0 Å². The van der Waals surface area contributed by atoms with Gasteiger partial charge < -0.3 is 15.0 Å². The van der Waals surface area contributed by atoms with Gasteiger partial charge in [0.1, 0.15) is 0 Å². The van der Waals surface area contributed by atoms with Crippen molar-refractivity contribution in [3.05, 3.63) is 29.8 Å². The number of hydrogen-bond donors (Lipinski definition) is 1. The minimum Gasteiger partial charge on any atom is -0.381 e. The van der Waals surface area contributed by atoms with Gasteiger partial charge in [-0.05, 0) is 38.4 Å². The van der Waals surface area contributed by atoms with Crippen molar-refractivity contribution in [2.75, 3.05) is 38.3 Å². The van der Waals surface area contributed by atoms with E-state index in [0.717, 1.165) is 13.2 Å². The van der Waals surface area contributed by atoms with E-state index in [9.17, 15) is 0 Å². The smallest absolute Gasteiger partial charge is 0.0472 e. The molecule has 19 heavy (non-hydrogen) atoms. The zero-order chi connectivity index (χ0) is 13.3. The fraction of sp³-hybridized carbons (Fsp3) is 0.625. The Morgan fingerprint density at radius 3 is 2.58 bits per heavy atom. The van der Waals surface area contributed by atoms with E-state index >= 15 is 0 Å². The summed E-state index contributed by atoms with van der Waals surface area (Å²) < 4.78 is 5.49. The third-order valence-electron chi connectivity index (χ3n) is 4.78. The highest BCUT2D eigenvalue weighted by molar-refractivity contribution is 5.57. The van der Waals surface area contributed by atoms with Crippen LogP contribution in [0.5, 0.6) is 0 Å². The van der Waals surface area contributed by atoms with Crippen molar-refractivity contribution < 1.29 is 4.74 Å². The molecule has 3 rings (SSSR count). The van der Waals surface area contributed by atoms with E-state index in [-0.39, 0.29) is 0 Å². The lowest BCUT2D eigenvalue weighted by molar-refractivity contribution is -0.000263. The van der Waals surface area contributed by atoms with Crippen LogP contribution in [0, 0.1) is 5.41 Å². The van der Waals surface area contributed by atoms with Gasteiger partial charge in [0.15, 0.2) is 0 Å². The number of nitrogens with one attached hydrogen (secondary N) is 1. The second-order valence-electron chi connectivity index (χ2n) is 6.04. The maximum atomic E-state index is 5.49. The summed E-state index contributed by atoms with van der Waals surface area (Å²) in [5.41, 5.74) is 3.35. The highest BCUT2D eigenvalue weighted by Gasteiger charge is 2.44. The van der Waals surface area contributed by atoms with Gasteiger partial charge >= 0.3 is 0 Å². The average Bonchev–Trinajstić information content (AvgIpc) is 2.45. The van der Waals surface area contributed by atoms with Gasteiger partial charge in [-0.2, -0.15) is 0 Å². The third-order valence-corrected chi connectivity index (χ3v) is 4.78. The Bertz CT molecular complexity index is 432. The molecule has 0 saturated carbocycles. The largest absolute Gasteiger partial charge is 0.381 e. The molecule has 0 aromatic heterocycles. The van der Waals surface area contributed by atoms with Gasteiger partial charge in [0.05, 0.1) is 0 Å². The number of anilines is 1. The van der Waals surface area contributed by atoms with E-state index in [4.69, 9.17) is 4.74 Å². The molecule has 1 atom stereocenters. The summed E-state index contributed by atoms with van der Waals surface area (Å²) in [4.78, 5) is 2.54. The van der Waals surface area contributed by atoms with Crippen molar-refractivity contribution in [2.45, 2.75) is 25.8 Å². The monoisotopic (exact) mass is 260 g/mol. The maximum absolute atomic E-state index is 5.49. The summed E-state index contributed by atoms with van der Waals surface area (Å²) in [6.07, 6.45) is 2.46. The van der Waals surface area contributed by atoms with Crippen molar-refractivity contribution in [3.8, 4) is 0 Å². The van der Waals surface area contributed by atoms with Crippen LogP contribution >= 0.6 is 0 Å². The zero-order valence-corrected chi connectivity index (χ0v) is 12.0. The normalized spacial score (nSPS) is 23.2. The molecular weight excluding hydrogens is 236 g/mol. The van der Waals surface area contributed by atoms with Gasteiger partial charge in [0.25, 0.3) is 0 Å². The van der Waals surface area contributed by atoms with Crippen molar-refractivity contribution in [1.29, 1.82) is 0 Å². The summed E-state index contributed by atoms with van der Waals surface area (Å²) >= 11 is 0. The van der Waals surface area contributed by atoms with Crippen molar-refractivity contribution in [2.24, 2.45) is 5.41 Å². The number of hydrogen-bond acceptors (Lipinski definition) is 3. The second kappa shape index (κ2) is 5.14. The maximum Gasteiger partial charge on any atom is 0.0472 e. The summed E-state index contributed by atoms with van der Waals surface area (Å²) in [6.45, 7) is 6.52. The molecule has 104 valence electrons. The SMILES string of the molecule is CNC(C)c1ccccc1N1CC2(CCOCC2)C1. The third kappa shape index (κ3) is 2.37. The standard InChI is InChI=1S/C16H24N2O/c1-13(17-2)14-5-3-4-6-15(14)18-11-16(12-18)7-9-19-10-8-16/h3-6,13,17H,7-12H2,1-2H3. The van der Waals surface area contributed by atoms with Crippen LogP contribution in [-0.4, -0.2) is 33.4 Å². The molecule has 3 heteroatoms. The van der Waals surface area contributed by atoms with Crippen LogP contribution in [0.15, 0.2) is 24.3 Å². The van der Waals surface area contributed by atoms with Gasteiger partial charge in [-0.3, -0.25) is 0 Å². The molecule has 0 amide bonds. The molecular formula is C16H24N2O. The lowest BCUT2D eigenvalue weighted by Gasteiger charge is -2.54. The van der Waals surface area contributed by atoms with E-state index in [1.54, 1.807) is 0 Å². The molecule has 3 nitrogen and oxygen atoms in total. The van der Waals surface area contributed by atoms with Gasteiger partial charge in [-0.1, -0.05) is 18.2 Å². The van der Waals surface area contributed by atoms with Crippen LogP contribution in [0.3, 0.4) is 0 Å². The van der Waals surface area contributed by atoms with E-state index in [0.29, 0.717) is 11.5 Å². The predicted molar refractivity (Wildman–Crippen MR) is 78.6 cm³/mol. The minimum absolute atomic E-state index is 0.405. The molecule has 1 unspecified atom stereocenters. The molecule has 2 aliphatic rings. The first kappa shape index (κ1) is 12.9. The molecule has 0 aliphatic carbocycles. The van der Waals surface area contributed by atoms with Crippen LogP contribution in [0.25, 0.3) is 0 Å². The zero-order valence-electron chi connectivity index (χ0n) is 12.0. The molecule has 0 radical (unpaired) electrons. The lowest BCUT2D eigenvalue weighted by Crippen LogP contribution is -2.58. The van der Waals surface area contributed by atoms with Crippen LogP contribution in [0.4, 0.5) is 5.69 Å². The molecule has 1 N–H and O–H groups in total. The van der Waals surface area contributed by atoms with Gasteiger partial charge in [0, 0.05) is 43.4 Å². The first-order valence-corrected chi connectivity index (χ1v) is 7.33. The average molecular weight is 260 g/mol. The topological polar surface area (TPSA) is 24.5 Å². The van der Waals surface area contributed by atoms with E-state index in [1.807, 2.05) is 7.05 Å². The number of ether oxygens (including phenoxy) is 1. The van der Waals surface area contributed by atoms with Crippen LogP contribution < -0.4 is 10.2 Å². The Morgan fingerprint density at radius 2 is 1.89 bits per heavy atom. The van der Waals surface area contributed by atoms with Crippen molar-refractivity contribution in [1.82, 2.24) is 5.32 Å². The molecule has 0 bridgehead atoms. The predicted octanol–water partition coefficient (Wildman–Crippen LogP) is 2.58.